The van der Waals surface area contributed by atoms with Crippen LogP contribution in [0.5, 0.6) is 5.75 Å². The molecule has 0 aliphatic heterocycles. The number of carbonyl (C=O) groups is 1. The molecule has 1 heterocycles. The molecule has 0 saturated carbocycles. The number of amides is 1. The van der Waals surface area contributed by atoms with Crippen LogP contribution in [0, 0.1) is 6.92 Å². The number of ether oxygens (including phenoxy) is 1. The van der Waals surface area contributed by atoms with Crippen molar-refractivity contribution in [3.8, 4) is 17.0 Å². The monoisotopic (exact) mass is 321 g/mol. The summed E-state index contributed by atoms with van der Waals surface area (Å²) in [5.74, 6) is 0.564. The minimum Gasteiger partial charge on any atom is -0.497 e. The summed E-state index contributed by atoms with van der Waals surface area (Å²) in [7, 11) is 3.45. The van der Waals surface area contributed by atoms with Crippen molar-refractivity contribution in [2.75, 3.05) is 12.4 Å². The van der Waals surface area contributed by atoms with E-state index in [1.807, 2.05) is 62.5 Å². The first-order valence-corrected chi connectivity index (χ1v) is 7.63. The van der Waals surface area contributed by atoms with Crippen LogP contribution in [-0.4, -0.2) is 22.8 Å². The number of aryl methyl sites for hydroxylation is 2. The highest BCUT2D eigenvalue weighted by Crippen LogP contribution is 2.23. The van der Waals surface area contributed by atoms with Gasteiger partial charge in [-0.05, 0) is 55.0 Å². The molecule has 0 unspecified atom stereocenters. The molecule has 0 atom stereocenters. The first kappa shape index (κ1) is 15.8. The van der Waals surface area contributed by atoms with Gasteiger partial charge in [0.05, 0.1) is 12.8 Å². The zero-order valence-corrected chi connectivity index (χ0v) is 13.9. The van der Waals surface area contributed by atoms with Crippen molar-refractivity contribution < 1.29 is 9.53 Å². The summed E-state index contributed by atoms with van der Waals surface area (Å²) >= 11 is 0. The van der Waals surface area contributed by atoms with Crippen LogP contribution in [0.15, 0.2) is 54.6 Å². The molecule has 0 bridgehead atoms. The molecule has 5 heteroatoms. The molecule has 3 rings (SSSR count). The Morgan fingerprint density at radius 2 is 1.88 bits per heavy atom. The maximum Gasteiger partial charge on any atom is 0.276 e. The predicted octanol–water partition coefficient (Wildman–Crippen LogP) is 3.66. The van der Waals surface area contributed by atoms with E-state index < -0.39 is 0 Å². The topological polar surface area (TPSA) is 56.1 Å². The van der Waals surface area contributed by atoms with Gasteiger partial charge in [0.25, 0.3) is 5.91 Å². The van der Waals surface area contributed by atoms with Crippen LogP contribution in [0.4, 0.5) is 5.69 Å². The van der Waals surface area contributed by atoms with Gasteiger partial charge in [0.1, 0.15) is 5.75 Å². The van der Waals surface area contributed by atoms with E-state index in [2.05, 4.69) is 10.4 Å². The molecule has 1 aromatic heterocycles. The normalized spacial score (nSPS) is 10.5. The first-order valence-electron chi connectivity index (χ1n) is 7.63. The Morgan fingerprint density at radius 1 is 1.12 bits per heavy atom. The number of anilines is 1. The molecule has 24 heavy (non-hydrogen) atoms. The van der Waals surface area contributed by atoms with Crippen molar-refractivity contribution in [1.82, 2.24) is 9.78 Å². The van der Waals surface area contributed by atoms with Gasteiger partial charge in [-0.3, -0.25) is 9.48 Å². The number of methoxy groups -OCH3 is 1. The number of benzene rings is 2. The van der Waals surface area contributed by atoms with Gasteiger partial charge in [-0.15, -0.1) is 0 Å². The minimum absolute atomic E-state index is 0.226. The third kappa shape index (κ3) is 3.30. The van der Waals surface area contributed by atoms with Crippen molar-refractivity contribution in [1.29, 1.82) is 0 Å². The Kier molecular flexibility index (Phi) is 4.33. The average Bonchev–Trinajstić information content (AvgIpc) is 2.97. The lowest BCUT2D eigenvalue weighted by atomic mass is 10.1. The number of rotatable bonds is 4. The summed E-state index contributed by atoms with van der Waals surface area (Å²) < 4.78 is 6.87. The second-order valence-corrected chi connectivity index (χ2v) is 5.59. The molecule has 5 nitrogen and oxygen atoms in total. The molecule has 0 saturated heterocycles. The first-order chi connectivity index (χ1) is 11.6. The zero-order valence-electron chi connectivity index (χ0n) is 13.9. The summed E-state index contributed by atoms with van der Waals surface area (Å²) in [6.07, 6.45) is 0. The Hall–Kier alpha value is -3.08. The predicted molar refractivity (Wildman–Crippen MR) is 94.3 cm³/mol. The highest BCUT2D eigenvalue weighted by atomic mass is 16.5. The number of nitrogens with one attached hydrogen (secondary N) is 1. The van der Waals surface area contributed by atoms with E-state index >= 15 is 0 Å². The molecular formula is C19H19N3O2. The van der Waals surface area contributed by atoms with E-state index in [1.165, 1.54) is 0 Å². The number of carbonyl (C=O) groups excluding carboxylic acids is 1. The standard InChI is InChI=1S/C19H19N3O2/c1-13-5-4-6-15(11-13)20-19(23)17-12-18(22(2)21-17)14-7-9-16(24-3)10-8-14/h4-12H,1-3H3,(H,20,23). The molecule has 1 N–H and O–H groups in total. The van der Waals surface area contributed by atoms with Crippen molar-refractivity contribution in [3.63, 3.8) is 0 Å². The molecule has 0 radical (unpaired) electrons. The lowest BCUT2D eigenvalue weighted by molar-refractivity contribution is 0.102. The molecule has 3 aromatic rings. The SMILES string of the molecule is COc1ccc(-c2cc(C(=O)Nc3cccc(C)c3)nn2C)cc1. The molecule has 0 spiro atoms. The Morgan fingerprint density at radius 3 is 2.54 bits per heavy atom. The van der Waals surface area contributed by atoms with Crippen LogP contribution in [0.2, 0.25) is 0 Å². The van der Waals surface area contributed by atoms with Gasteiger partial charge in [0, 0.05) is 18.3 Å². The van der Waals surface area contributed by atoms with Crippen LogP contribution in [0.1, 0.15) is 16.1 Å². The van der Waals surface area contributed by atoms with E-state index in [0.29, 0.717) is 5.69 Å². The highest BCUT2D eigenvalue weighted by Gasteiger charge is 2.14. The second kappa shape index (κ2) is 6.58. The molecule has 0 fully saturated rings. The van der Waals surface area contributed by atoms with Crippen molar-refractivity contribution >= 4 is 11.6 Å². The van der Waals surface area contributed by atoms with Crippen LogP contribution >= 0.6 is 0 Å². The number of hydrogen-bond acceptors (Lipinski definition) is 3. The lowest BCUT2D eigenvalue weighted by Gasteiger charge is -2.03. The van der Waals surface area contributed by atoms with Gasteiger partial charge < -0.3 is 10.1 Å². The Balaban J connectivity index is 1.83. The fourth-order valence-corrected chi connectivity index (χ4v) is 2.53. The average molecular weight is 321 g/mol. The maximum absolute atomic E-state index is 12.4. The van der Waals surface area contributed by atoms with Crippen LogP contribution in [-0.2, 0) is 7.05 Å². The number of nitrogens with zero attached hydrogens (tertiary/aromatic N) is 2. The van der Waals surface area contributed by atoms with E-state index in [1.54, 1.807) is 17.9 Å². The third-order valence-corrected chi connectivity index (χ3v) is 3.77. The molecule has 0 aliphatic rings. The van der Waals surface area contributed by atoms with Crippen LogP contribution in [0.3, 0.4) is 0 Å². The summed E-state index contributed by atoms with van der Waals surface area (Å²) in [4.78, 5) is 12.4. The lowest BCUT2D eigenvalue weighted by Crippen LogP contribution is -2.13. The summed E-state index contributed by atoms with van der Waals surface area (Å²) in [6.45, 7) is 1.98. The highest BCUT2D eigenvalue weighted by molar-refractivity contribution is 6.03. The second-order valence-electron chi connectivity index (χ2n) is 5.59. The van der Waals surface area contributed by atoms with E-state index in [0.717, 1.165) is 28.3 Å². The summed E-state index contributed by atoms with van der Waals surface area (Å²) in [5, 5.41) is 7.20. The quantitative estimate of drug-likeness (QED) is 0.798. The maximum atomic E-state index is 12.4. The van der Waals surface area contributed by atoms with Gasteiger partial charge in [0.2, 0.25) is 0 Å². The Bertz CT molecular complexity index is 867. The largest absolute Gasteiger partial charge is 0.497 e. The summed E-state index contributed by atoms with van der Waals surface area (Å²) in [6, 6.07) is 17.1. The zero-order chi connectivity index (χ0) is 17.1. The van der Waals surface area contributed by atoms with Gasteiger partial charge >= 0.3 is 0 Å². The minimum atomic E-state index is -0.226. The van der Waals surface area contributed by atoms with Gasteiger partial charge in [0.15, 0.2) is 5.69 Å². The number of hydrogen-bond donors (Lipinski definition) is 1. The van der Waals surface area contributed by atoms with Crippen molar-refractivity contribution in [2.45, 2.75) is 6.92 Å². The van der Waals surface area contributed by atoms with Gasteiger partial charge in [-0.25, -0.2) is 0 Å². The van der Waals surface area contributed by atoms with E-state index in [-0.39, 0.29) is 5.91 Å². The van der Waals surface area contributed by atoms with E-state index in [9.17, 15) is 4.79 Å². The molecular weight excluding hydrogens is 302 g/mol. The van der Waals surface area contributed by atoms with Crippen molar-refractivity contribution in [3.05, 3.63) is 65.9 Å². The Labute approximate surface area is 140 Å². The molecule has 0 aliphatic carbocycles. The van der Waals surface area contributed by atoms with Gasteiger partial charge in [-0.2, -0.15) is 5.10 Å². The smallest absolute Gasteiger partial charge is 0.276 e. The molecule has 1 amide bonds. The number of aromatic nitrogens is 2. The summed E-state index contributed by atoms with van der Waals surface area (Å²) in [5.41, 5.74) is 4.07. The molecule has 122 valence electrons. The van der Waals surface area contributed by atoms with Crippen LogP contribution in [0.25, 0.3) is 11.3 Å². The molecule has 2 aromatic carbocycles. The fraction of sp³-hybridized carbons (Fsp3) is 0.158. The third-order valence-electron chi connectivity index (χ3n) is 3.77. The van der Waals surface area contributed by atoms with E-state index in [4.69, 9.17) is 4.74 Å². The van der Waals surface area contributed by atoms with Crippen molar-refractivity contribution in [2.24, 2.45) is 7.05 Å². The fourth-order valence-electron chi connectivity index (χ4n) is 2.53. The van der Waals surface area contributed by atoms with Gasteiger partial charge in [-0.1, -0.05) is 12.1 Å². The van der Waals surface area contributed by atoms with Crippen LogP contribution < -0.4 is 10.1 Å².